The molecule has 5 amide bonds. The zero-order valence-corrected chi connectivity index (χ0v) is 81.1. The molecule has 6 aromatic heterocycles. The number of rotatable bonds is 30. The number of aromatic nitrogens is 6. The van der Waals surface area contributed by atoms with Gasteiger partial charge >= 0.3 is 0 Å². The van der Waals surface area contributed by atoms with E-state index in [9.17, 15) is 56.9 Å². The lowest BCUT2D eigenvalue weighted by Gasteiger charge is -2.30. The van der Waals surface area contributed by atoms with Gasteiger partial charge in [0.1, 0.15) is 59.0 Å². The number of thiazole rings is 5. The smallest absolute Gasteiger partial charge is 0.268 e. The number of piperidine rings is 1. The molecule has 0 saturated carbocycles. The number of nitrogens with zero attached hydrogens (tertiary/aromatic N) is 5. The highest BCUT2D eigenvalue weighted by atomic mass is 35.5. The Labute approximate surface area is 822 Å². The summed E-state index contributed by atoms with van der Waals surface area (Å²) < 4.78 is 54.7. The van der Waals surface area contributed by atoms with E-state index < -0.39 is 40.6 Å². The first kappa shape index (κ1) is 104. The van der Waals surface area contributed by atoms with Crippen LogP contribution in [-0.2, 0) is 52.2 Å². The van der Waals surface area contributed by atoms with Crippen molar-refractivity contribution in [2.45, 2.75) is 142 Å². The predicted molar refractivity (Wildman–Crippen MR) is 529 cm³/mol. The number of nitrogens with two attached hydrogens (primary N) is 4. The third-order valence-electron chi connectivity index (χ3n) is 22.4. The van der Waals surface area contributed by atoms with Gasteiger partial charge in [0.25, 0.3) is 5.91 Å². The number of halogens is 8. The van der Waals surface area contributed by atoms with Gasteiger partial charge in [-0.1, -0.05) is 144 Å². The molecule has 6 unspecified atom stereocenters. The Morgan fingerprint density at radius 2 is 0.801 bits per heavy atom. The summed E-state index contributed by atoms with van der Waals surface area (Å²) in [6.07, 6.45) is 22.1. The predicted octanol–water partition coefficient (Wildman–Crippen LogP) is 16.3. The highest BCUT2D eigenvalue weighted by Gasteiger charge is 2.33. The molecular formula is C97H100Cl4F4N16O10S5. The van der Waals surface area contributed by atoms with Gasteiger partial charge in [-0.25, -0.2) is 42.5 Å². The number of nitrogens with one attached hydrogen (secondary N) is 7. The fourth-order valence-corrected chi connectivity index (χ4v) is 19.9. The van der Waals surface area contributed by atoms with Crippen LogP contribution in [0.2, 0.25) is 20.1 Å². The zero-order valence-electron chi connectivity index (χ0n) is 74.0. The topological polar surface area (TPSA) is 443 Å². The van der Waals surface area contributed by atoms with E-state index in [4.69, 9.17) is 79.6 Å². The molecule has 136 heavy (non-hydrogen) atoms. The lowest BCUT2D eigenvalue weighted by atomic mass is 9.98. The van der Waals surface area contributed by atoms with Gasteiger partial charge in [-0.2, -0.15) is 0 Å². The Hall–Kier alpha value is -10.7. The van der Waals surface area contributed by atoms with E-state index in [2.05, 4.69) is 61.8 Å². The number of aryl methyl sites for hydroxylation is 4. The molecule has 5 aliphatic rings. The molecule has 39 heteroatoms. The Kier molecular flexibility index (Phi) is 37.9. The van der Waals surface area contributed by atoms with Gasteiger partial charge in [0.15, 0.2) is 0 Å². The third kappa shape index (κ3) is 27.2. The number of carbonyl (C=O) groups is 5. The van der Waals surface area contributed by atoms with Crippen LogP contribution in [0.5, 0.6) is 0 Å². The molecule has 1 aliphatic heterocycles. The number of hydrogen-bond donors (Lipinski definition) is 16. The fraction of sp³-hybridized carbons (Fsp3) is 0.278. The average molecular weight is 2030 g/mol. The quantitative estimate of drug-likeness (QED) is 0.0147. The molecule has 1 fully saturated rings. The molecule has 11 aromatic rings. The van der Waals surface area contributed by atoms with Crippen molar-refractivity contribution in [2.75, 3.05) is 32.7 Å². The minimum absolute atomic E-state index is 0.0384. The van der Waals surface area contributed by atoms with Crippen LogP contribution in [0.25, 0.3) is 33.5 Å². The maximum absolute atomic E-state index is 13.8. The van der Waals surface area contributed by atoms with E-state index in [0.29, 0.717) is 104 Å². The average Bonchev–Trinajstić information content (AvgIpc) is 1.70. The number of aliphatic hydroxyl groups excluding tert-OH is 5. The van der Waals surface area contributed by atoms with Gasteiger partial charge in [-0.05, 0) is 169 Å². The van der Waals surface area contributed by atoms with Crippen molar-refractivity contribution in [3.8, 4) is 11.3 Å². The number of carbonyl (C=O) groups excluding carboxylic acids is 5. The van der Waals surface area contributed by atoms with Crippen LogP contribution in [0.3, 0.4) is 0 Å². The third-order valence-corrected chi connectivity index (χ3v) is 29.5. The number of amides is 5. The summed E-state index contributed by atoms with van der Waals surface area (Å²) >= 11 is 29.9. The largest absolute Gasteiger partial charge is 0.391 e. The van der Waals surface area contributed by atoms with Crippen LogP contribution >= 0.6 is 103 Å². The van der Waals surface area contributed by atoms with E-state index in [-0.39, 0.29) is 124 Å². The van der Waals surface area contributed by atoms with Gasteiger partial charge < -0.3 is 85.4 Å². The van der Waals surface area contributed by atoms with Crippen molar-refractivity contribution in [2.24, 2.45) is 22.9 Å². The van der Waals surface area contributed by atoms with E-state index in [1.165, 1.54) is 81.1 Å². The van der Waals surface area contributed by atoms with E-state index in [1.807, 2.05) is 99.7 Å². The van der Waals surface area contributed by atoms with Crippen molar-refractivity contribution in [1.82, 2.24) is 61.8 Å². The van der Waals surface area contributed by atoms with Crippen molar-refractivity contribution in [1.29, 1.82) is 0 Å². The molecule has 0 bridgehead atoms. The van der Waals surface area contributed by atoms with Crippen molar-refractivity contribution >= 4 is 155 Å². The first-order chi connectivity index (χ1) is 65.4. The second-order valence-electron chi connectivity index (χ2n) is 31.7. The second-order valence-corrected chi connectivity index (χ2v) is 39.0. The Bertz CT molecular complexity index is 6390. The van der Waals surface area contributed by atoms with Crippen molar-refractivity contribution in [3.63, 3.8) is 0 Å². The molecule has 6 atom stereocenters. The minimum Gasteiger partial charge on any atom is -0.391 e. The van der Waals surface area contributed by atoms with Crippen molar-refractivity contribution in [3.05, 3.63) is 336 Å². The second kappa shape index (κ2) is 49.5. The maximum atomic E-state index is 13.8. The molecule has 20 N–H and O–H groups in total. The van der Waals surface area contributed by atoms with Gasteiger partial charge in [0.05, 0.1) is 110 Å². The monoisotopic (exact) mass is 2020 g/mol. The Balaban J connectivity index is 0.000000153. The molecular weight excluding hydrogens is 1930 g/mol. The Morgan fingerprint density at radius 3 is 1.19 bits per heavy atom. The minimum atomic E-state index is -0.850. The summed E-state index contributed by atoms with van der Waals surface area (Å²) in [6, 6.07) is 28.8. The molecule has 0 spiro atoms. The SMILES string of the molecule is Cc1ccc(C2=CC=C(C(=O)NC(CN)c3ncc(CO)s3)C2)cc1F.Cc1nc(C(CN)NC(=O)C2=CC=C(c3ccc(Cl)c(F)c3)C2)sc1CO.Cc1nc(C(CN)NC(=O)C2=CC=C(c3ccc(Cl)cc3)C2)sc1CO.Cc1nc(C(NC(=O)c2ccc(-c3ccc(Cl)cc3)[nH]2)C2CCCCN2)sc1CO.NCC(NC(=O)C1=CC=C(c2cc(F)c(Cl)c(F)c2)C1)c1ncc(CO)s1. The van der Waals surface area contributed by atoms with Gasteiger partial charge in [0.2, 0.25) is 23.6 Å². The summed E-state index contributed by atoms with van der Waals surface area (Å²) in [5, 5.41) is 69.0. The van der Waals surface area contributed by atoms with E-state index in [1.54, 1.807) is 61.7 Å². The summed E-state index contributed by atoms with van der Waals surface area (Å²) in [6.45, 7) is 8.56. The normalized spacial score (nSPS) is 15.4. The molecule has 4 aliphatic carbocycles. The summed E-state index contributed by atoms with van der Waals surface area (Å²) in [5.41, 5.74) is 36.9. The van der Waals surface area contributed by atoms with E-state index in [0.717, 1.165) is 119 Å². The molecule has 714 valence electrons. The summed E-state index contributed by atoms with van der Waals surface area (Å²) in [7, 11) is 0. The van der Waals surface area contributed by atoms with Crippen LogP contribution in [0.1, 0.15) is 180 Å². The maximum Gasteiger partial charge on any atom is 0.268 e. The van der Waals surface area contributed by atoms with Gasteiger partial charge in [-0.3, -0.25) is 24.0 Å². The van der Waals surface area contributed by atoms with E-state index >= 15 is 0 Å². The van der Waals surface area contributed by atoms with Crippen LogP contribution in [0.15, 0.2) is 192 Å². The van der Waals surface area contributed by atoms with Crippen molar-refractivity contribution < 1.29 is 67.1 Å². The summed E-state index contributed by atoms with van der Waals surface area (Å²) in [5.74, 6) is -3.58. The molecule has 26 nitrogen and oxygen atoms in total. The van der Waals surface area contributed by atoms with Crippen LogP contribution in [0.4, 0.5) is 17.6 Å². The first-order valence-corrected chi connectivity index (χ1v) is 48.6. The number of aliphatic hydroxyl groups is 5. The lowest BCUT2D eigenvalue weighted by Crippen LogP contribution is -2.46. The molecule has 16 rings (SSSR count). The molecule has 0 radical (unpaired) electrons. The zero-order chi connectivity index (χ0) is 97.6. The Morgan fingerprint density at radius 1 is 0.419 bits per heavy atom. The number of aromatic amines is 1. The lowest BCUT2D eigenvalue weighted by molar-refractivity contribution is -0.119. The highest BCUT2D eigenvalue weighted by Crippen LogP contribution is 2.39. The fourth-order valence-electron chi connectivity index (χ4n) is 14.7. The van der Waals surface area contributed by atoms with Crippen LogP contribution < -0.4 is 54.8 Å². The van der Waals surface area contributed by atoms with Crippen LogP contribution in [0, 0.1) is 51.0 Å². The number of H-pyrrole nitrogens is 1. The molecule has 7 heterocycles. The molecule has 1 saturated heterocycles. The number of hydrogen-bond acceptors (Lipinski definition) is 25. The number of allylic oxidation sites excluding steroid dienone is 12. The van der Waals surface area contributed by atoms with Gasteiger partial charge in [-0.15, -0.1) is 56.7 Å². The standard InChI is InChI=1S/C22H25ClN4O2S.C19H19ClFN3O2S.C19H20ClN3O2S.C19H20FN3O2S.C18H16ClF2N3O2S/c1-13-19(12-28)30-22(25-13)20(17-4-2-3-11-24-17)27-21(29)18-10-9-16(26-18)14-5-7-15(23)8-6-14;1-10-17(9-25)27-19(23-10)16(8-22)24-18(26)13-3-2-11(6-13)12-4-5-14(20)15(21)7-12;1-11-17(10-24)26-19(22-11)16(9-21)23-18(25)14-3-2-13(8-14)12-4-6-15(20)7-5-12;1-11-2-3-13(7-16(11)20)12-4-5-14(6-12)18(25)23-17(8-21)19-22-9-15(10-24)26-19;19-16-13(20)4-11(5-14(16)21)9-1-2-10(3-9)17(26)24-15(6-22)18-23-7-12(8-25)27-18/h5-10,17,20,24,26,28H,2-4,11-12H2,1H3,(H,27,29);2-5,7,16,25H,6,8-9,22H2,1H3,(H,24,26);2-7,16,24H,8-10,21H2,1H3,(H,23,25);2-5,7,9,17,24H,6,8,10,21H2,1H3,(H,23,25);1-2,4-5,7,15,25H,3,6,8,22H2,(H,24,26). The first-order valence-electron chi connectivity index (χ1n) is 43.0. The highest BCUT2D eigenvalue weighted by molar-refractivity contribution is 7.13. The van der Waals surface area contributed by atoms with Gasteiger partial charge in [0, 0.05) is 108 Å². The number of benzene rings is 5. The summed E-state index contributed by atoms with van der Waals surface area (Å²) in [4.78, 5) is 92.2. The molecule has 5 aromatic carbocycles. The van der Waals surface area contributed by atoms with Crippen LogP contribution in [-0.4, -0.2) is 124 Å².